The van der Waals surface area contributed by atoms with E-state index in [0.29, 0.717) is 17.3 Å². The van der Waals surface area contributed by atoms with E-state index in [-0.39, 0.29) is 23.6 Å². The van der Waals surface area contributed by atoms with Crippen molar-refractivity contribution in [3.8, 4) is 0 Å². The summed E-state index contributed by atoms with van der Waals surface area (Å²) in [6.07, 6.45) is 0.814. The second-order valence-electron chi connectivity index (χ2n) is 4.23. The third kappa shape index (κ3) is 2.73. The lowest BCUT2D eigenvalue weighted by atomic mass is 10.2. The molecule has 0 spiro atoms. The largest absolute Gasteiger partial charge is 0.355 e. The van der Waals surface area contributed by atoms with Crippen molar-refractivity contribution in [3.63, 3.8) is 0 Å². The van der Waals surface area contributed by atoms with E-state index in [1.807, 2.05) is 6.92 Å². The molecule has 0 aliphatic heterocycles. The van der Waals surface area contributed by atoms with E-state index in [1.54, 1.807) is 24.3 Å². The number of H-pyrrole nitrogens is 1. The molecule has 2 aromatic rings. The molecule has 100 valence electrons. The zero-order valence-electron chi connectivity index (χ0n) is 10.6. The number of carbonyl (C=O) groups is 1. The molecule has 1 aromatic carbocycles. The summed E-state index contributed by atoms with van der Waals surface area (Å²) >= 11 is 0. The zero-order chi connectivity index (χ0) is 13.8. The highest BCUT2D eigenvalue weighted by atomic mass is 16.2. The second kappa shape index (κ2) is 5.51. The van der Waals surface area contributed by atoms with Gasteiger partial charge in [0.1, 0.15) is 6.54 Å². The van der Waals surface area contributed by atoms with Crippen LogP contribution < -0.4 is 16.4 Å². The van der Waals surface area contributed by atoms with Crippen molar-refractivity contribution in [2.45, 2.75) is 19.9 Å². The highest BCUT2D eigenvalue weighted by Gasteiger charge is 2.09. The fourth-order valence-corrected chi connectivity index (χ4v) is 1.82. The van der Waals surface area contributed by atoms with Gasteiger partial charge in [-0.15, -0.1) is 0 Å². The standard InChI is InChI=1S/C13H15N3O3/c1-2-7-14-11(17)8-16-13(19)10-6-4-3-5-9(10)12(18)15-16/h3-6H,2,7-8H2,1H3,(H,14,17)(H,15,18). The van der Waals surface area contributed by atoms with E-state index in [2.05, 4.69) is 10.4 Å². The smallest absolute Gasteiger partial charge is 0.273 e. The maximum atomic E-state index is 12.1. The number of aromatic amines is 1. The van der Waals surface area contributed by atoms with Crippen molar-refractivity contribution < 1.29 is 4.79 Å². The maximum absolute atomic E-state index is 12.1. The molecule has 0 aliphatic carbocycles. The second-order valence-corrected chi connectivity index (χ2v) is 4.23. The van der Waals surface area contributed by atoms with Gasteiger partial charge in [0.05, 0.1) is 10.8 Å². The Labute approximate surface area is 109 Å². The van der Waals surface area contributed by atoms with Gasteiger partial charge in [-0.05, 0) is 18.6 Å². The number of aromatic nitrogens is 2. The zero-order valence-corrected chi connectivity index (χ0v) is 10.6. The van der Waals surface area contributed by atoms with Gasteiger partial charge in [-0.1, -0.05) is 19.1 Å². The molecule has 0 saturated carbocycles. The first kappa shape index (κ1) is 13.1. The summed E-state index contributed by atoms with van der Waals surface area (Å²) in [5.74, 6) is -0.296. The Hall–Kier alpha value is -2.37. The highest BCUT2D eigenvalue weighted by Crippen LogP contribution is 2.02. The summed E-state index contributed by atoms with van der Waals surface area (Å²) in [5, 5.41) is 5.71. The van der Waals surface area contributed by atoms with Crippen LogP contribution in [-0.4, -0.2) is 22.2 Å². The number of fused-ring (bicyclic) bond motifs is 1. The number of amides is 1. The maximum Gasteiger partial charge on any atom is 0.273 e. The molecule has 0 unspecified atom stereocenters. The Bertz CT molecular complexity index is 715. The van der Waals surface area contributed by atoms with Crippen molar-refractivity contribution in [3.05, 3.63) is 45.0 Å². The number of nitrogens with zero attached hydrogens (tertiary/aromatic N) is 1. The van der Waals surface area contributed by atoms with Gasteiger partial charge >= 0.3 is 0 Å². The van der Waals surface area contributed by atoms with Crippen LogP contribution in [0, 0.1) is 0 Å². The SMILES string of the molecule is CCCNC(=O)Cn1[nH]c(=O)c2ccccc2c1=O. The number of nitrogens with one attached hydrogen (secondary N) is 2. The first-order valence-corrected chi connectivity index (χ1v) is 6.12. The molecule has 1 aromatic heterocycles. The van der Waals surface area contributed by atoms with Gasteiger partial charge in [0.2, 0.25) is 5.91 Å². The lowest BCUT2D eigenvalue weighted by molar-refractivity contribution is -0.121. The van der Waals surface area contributed by atoms with Gasteiger partial charge < -0.3 is 5.32 Å². The van der Waals surface area contributed by atoms with Gasteiger partial charge in [0.25, 0.3) is 11.1 Å². The summed E-state index contributed by atoms with van der Waals surface area (Å²) in [6.45, 7) is 2.30. The Morgan fingerprint density at radius 1 is 1.26 bits per heavy atom. The Balaban J connectivity index is 2.40. The van der Waals surface area contributed by atoms with Crippen LogP contribution in [0.25, 0.3) is 10.8 Å². The van der Waals surface area contributed by atoms with E-state index in [0.717, 1.165) is 11.1 Å². The third-order valence-corrected chi connectivity index (χ3v) is 2.76. The lowest BCUT2D eigenvalue weighted by Gasteiger charge is -2.07. The summed E-state index contributed by atoms with van der Waals surface area (Å²) in [6, 6.07) is 6.53. The average Bonchev–Trinajstić information content (AvgIpc) is 2.42. The molecule has 2 N–H and O–H groups in total. The molecule has 0 fully saturated rings. The van der Waals surface area contributed by atoms with E-state index >= 15 is 0 Å². The Morgan fingerprint density at radius 3 is 2.63 bits per heavy atom. The fraction of sp³-hybridized carbons (Fsp3) is 0.308. The van der Waals surface area contributed by atoms with Crippen molar-refractivity contribution in [2.75, 3.05) is 6.54 Å². The summed E-state index contributed by atoms with van der Waals surface area (Å²) in [7, 11) is 0. The predicted molar refractivity (Wildman–Crippen MR) is 72.1 cm³/mol. The van der Waals surface area contributed by atoms with E-state index in [4.69, 9.17) is 0 Å². The van der Waals surface area contributed by atoms with Gasteiger partial charge in [0.15, 0.2) is 0 Å². The molecule has 0 atom stereocenters. The quantitative estimate of drug-likeness (QED) is 0.825. The third-order valence-electron chi connectivity index (χ3n) is 2.76. The van der Waals surface area contributed by atoms with Crippen molar-refractivity contribution in [2.24, 2.45) is 0 Å². The van der Waals surface area contributed by atoms with Gasteiger partial charge in [-0.25, -0.2) is 4.68 Å². The molecule has 6 heteroatoms. The highest BCUT2D eigenvalue weighted by molar-refractivity contribution is 5.81. The lowest BCUT2D eigenvalue weighted by Crippen LogP contribution is -2.36. The van der Waals surface area contributed by atoms with Crippen LogP contribution in [-0.2, 0) is 11.3 Å². The van der Waals surface area contributed by atoms with Gasteiger partial charge in [-0.2, -0.15) is 0 Å². The molecule has 0 bridgehead atoms. The van der Waals surface area contributed by atoms with Crippen LogP contribution in [0.5, 0.6) is 0 Å². The van der Waals surface area contributed by atoms with Crippen LogP contribution in [0.3, 0.4) is 0 Å². The molecule has 0 aliphatic rings. The number of hydrogen-bond acceptors (Lipinski definition) is 3. The van der Waals surface area contributed by atoms with E-state index < -0.39 is 0 Å². The topological polar surface area (TPSA) is 84.0 Å². The number of carbonyl (C=O) groups excluding carboxylic acids is 1. The molecular formula is C13H15N3O3. The minimum atomic E-state index is -0.376. The fourth-order valence-electron chi connectivity index (χ4n) is 1.82. The van der Waals surface area contributed by atoms with E-state index in [9.17, 15) is 14.4 Å². The minimum Gasteiger partial charge on any atom is -0.355 e. The summed E-state index contributed by atoms with van der Waals surface area (Å²) in [5.41, 5.74) is -0.750. The van der Waals surface area contributed by atoms with Crippen LogP contribution in [0.1, 0.15) is 13.3 Å². The average molecular weight is 261 g/mol. The predicted octanol–water partition coefficient (Wildman–Crippen LogP) is 0.216. The molecule has 0 radical (unpaired) electrons. The number of benzene rings is 1. The minimum absolute atomic E-state index is 0.182. The Morgan fingerprint density at radius 2 is 1.95 bits per heavy atom. The van der Waals surface area contributed by atoms with Crippen LogP contribution in [0.4, 0.5) is 0 Å². The molecule has 1 heterocycles. The first-order chi connectivity index (χ1) is 9.13. The Kier molecular flexibility index (Phi) is 3.79. The van der Waals surface area contributed by atoms with Crippen molar-refractivity contribution in [1.82, 2.24) is 15.1 Å². The number of hydrogen-bond donors (Lipinski definition) is 2. The molecule has 1 amide bonds. The molecule has 6 nitrogen and oxygen atoms in total. The normalized spacial score (nSPS) is 10.6. The van der Waals surface area contributed by atoms with Crippen molar-refractivity contribution in [1.29, 1.82) is 0 Å². The molecule has 2 rings (SSSR count). The van der Waals surface area contributed by atoms with Crippen LogP contribution in [0.2, 0.25) is 0 Å². The monoisotopic (exact) mass is 261 g/mol. The van der Waals surface area contributed by atoms with Crippen LogP contribution >= 0.6 is 0 Å². The van der Waals surface area contributed by atoms with E-state index in [1.165, 1.54) is 0 Å². The number of rotatable bonds is 4. The summed E-state index contributed by atoms with van der Waals surface area (Å²) in [4.78, 5) is 35.5. The molecule has 0 saturated heterocycles. The van der Waals surface area contributed by atoms with Gasteiger partial charge in [0, 0.05) is 6.54 Å². The first-order valence-electron chi connectivity index (χ1n) is 6.12. The molecular weight excluding hydrogens is 246 g/mol. The van der Waals surface area contributed by atoms with Crippen LogP contribution in [0.15, 0.2) is 33.9 Å². The van der Waals surface area contributed by atoms with Crippen molar-refractivity contribution >= 4 is 16.7 Å². The van der Waals surface area contributed by atoms with Gasteiger partial charge in [-0.3, -0.25) is 19.5 Å². The molecule has 19 heavy (non-hydrogen) atoms. The summed E-state index contributed by atoms with van der Waals surface area (Å²) < 4.78 is 1.04.